The summed E-state index contributed by atoms with van der Waals surface area (Å²) in [5.41, 5.74) is 0. The molecule has 0 aliphatic heterocycles. The van der Waals surface area contributed by atoms with Crippen LogP contribution in [0.1, 0.15) is 37.7 Å². The van der Waals surface area contributed by atoms with Gasteiger partial charge in [-0.1, -0.05) is 25.8 Å². The molecular formula is C11H16O. The Morgan fingerprint density at radius 3 is 2.83 bits per heavy atom. The molecule has 0 aromatic carbocycles. The van der Waals surface area contributed by atoms with E-state index in [1.165, 1.54) is 12.8 Å². The van der Waals surface area contributed by atoms with Gasteiger partial charge in [0.15, 0.2) is 0 Å². The van der Waals surface area contributed by atoms with Crippen LogP contribution in [0.15, 0.2) is 22.6 Å². The molecule has 0 saturated carbocycles. The number of hydrogen-bond acceptors (Lipinski definition) is 1. The highest BCUT2D eigenvalue weighted by Crippen LogP contribution is 2.08. The summed E-state index contributed by atoms with van der Waals surface area (Å²) < 4.78 is 5.38. The molecule has 0 spiro atoms. The van der Waals surface area contributed by atoms with E-state index in [0.717, 1.165) is 17.9 Å². The molecule has 0 aliphatic carbocycles. The summed E-state index contributed by atoms with van der Waals surface area (Å²) in [6, 6.07) is 3.98. The lowest BCUT2D eigenvalue weighted by Crippen LogP contribution is -1.66. The largest absolute Gasteiger partial charge is 0.462 e. The summed E-state index contributed by atoms with van der Waals surface area (Å²) in [6.45, 7) is 4.16. The minimum Gasteiger partial charge on any atom is -0.462 e. The molecule has 1 nitrogen and oxygen atoms in total. The van der Waals surface area contributed by atoms with Crippen molar-refractivity contribution >= 4 is 6.08 Å². The van der Waals surface area contributed by atoms with Crippen molar-refractivity contribution in [2.24, 2.45) is 0 Å². The molecule has 1 heteroatoms. The first-order valence-corrected chi connectivity index (χ1v) is 4.56. The second-order valence-electron chi connectivity index (χ2n) is 2.99. The lowest BCUT2D eigenvalue weighted by molar-refractivity contribution is 0.525. The highest BCUT2D eigenvalue weighted by molar-refractivity contribution is 5.42. The monoisotopic (exact) mass is 164 g/mol. The quantitative estimate of drug-likeness (QED) is 0.617. The van der Waals surface area contributed by atoms with E-state index in [1.807, 2.05) is 25.1 Å². The molecule has 1 heterocycles. The van der Waals surface area contributed by atoms with E-state index in [9.17, 15) is 0 Å². The molecule has 0 N–H and O–H groups in total. The highest BCUT2D eigenvalue weighted by Gasteiger charge is 1.90. The van der Waals surface area contributed by atoms with Crippen LogP contribution in [-0.4, -0.2) is 0 Å². The first-order valence-electron chi connectivity index (χ1n) is 4.56. The molecule has 0 atom stereocenters. The third kappa shape index (κ3) is 2.95. The van der Waals surface area contributed by atoms with Crippen molar-refractivity contribution in [1.29, 1.82) is 0 Å². The summed E-state index contributed by atoms with van der Waals surface area (Å²) >= 11 is 0. The van der Waals surface area contributed by atoms with Crippen LogP contribution in [0.3, 0.4) is 0 Å². The molecule has 12 heavy (non-hydrogen) atoms. The van der Waals surface area contributed by atoms with E-state index in [0.29, 0.717) is 0 Å². The Labute approximate surface area is 74.1 Å². The van der Waals surface area contributed by atoms with Gasteiger partial charge >= 0.3 is 0 Å². The van der Waals surface area contributed by atoms with Gasteiger partial charge in [-0.25, -0.2) is 0 Å². The smallest absolute Gasteiger partial charge is 0.126 e. The van der Waals surface area contributed by atoms with Gasteiger partial charge in [0.05, 0.1) is 0 Å². The van der Waals surface area contributed by atoms with E-state index < -0.39 is 0 Å². The Morgan fingerprint density at radius 1 is 1.42 bits per heavy atom. The maximum absolute atomic E-state index is 5.38. The predicted molar refractivity (Wildman–Crippen MR) is 52.0 cm³/mol. The van der Waals surface area contributed by atoms with Crippen molar-refractivity contribution < 1.29 is 4.42 Å². The fourth-order valence-corrected chi connectivity index (χ4v) is 1.06. The van der Waals surface area contributed by atoms with Crippen molar-refractivity contribution in [2.45, 2.75) is 33.1 Å². The Balaban J connectivity index is 2.36. The van der Waals surface area contributed by atoms with Crippen LogP contribution in [0.4, 0.5) is 0 Å². The van der Waals surface area contributed by atoms with Crippen LogP contribution < -0.4 is 0 Å². The van der Waals surface area contributed by atoms with Crippen molar-refractivity contribution in [3.63, 3.8) is 0 Å². The summed E-state index contributed by atoms with van der Waals surface area (Å²) in [4.78, 5) is 0. The fourth-order valence-electron chi connectivity index (χ4n) is 1.06. The number of unbranched alkanes of at least 4 members (excludes halogenated alkanes) is 2. The predicted octanol–water partition coefficient (Wildman–Crippen LogP) is 3.79. The molecule has 0 unspecified atom stereocenters. The zero-order chi connectivity index (χ0) is 8.81. The molecule has 1 aromatic heterocycles. The van der Waals surface area contributed by atoms with Crippen LogP contribution >= 0.6 is 0 Å². The van der Waals surface area contributed by atoms with Gasteiger partial charge in [-0.2, -0.15) is 0 Å². The van der Waals surface area contributed by atoms with Gasteiger partial charge in [0.25, 0.3) is 0 Å². The SMILES string of the molecule is CCCC/C=C/c1ccc(C)o1. The summed E-state index contributed by atoms with van der Waals surface area (Å²) in [5, 5.41) is 0. The van der Waals surface area contributed by atoms with Crippen LogP contribution in [0, 0.1) is 6.92 Å². The van der Waals surface area contributed by atoms with Gasteiger partial charge in [-0.15, -0.1) is 0 Å². The third-order valence-corrected chi connectivity index (χ3v) is 1.77. The Hall–Kier alpha value is -0.980. The average Bonchev–Trinajstić information content (AvgIpc) is 2.45. The molecule has 1 aromatic rings. The molecule has 0 radical (unpaired) electrons. The minimum atomic E-state index is 0.962. The number of allylic oxidation sites excluding steroid dienone is 1. The lowest BCUT2D eigenvalue weighted by Gasteiger charge is -1.87. The number of rotatable bonds is 4. The average molecular weight is 164 g/mol. The van der Waals surface area contributed by atoms with E-state index in [-0.39, 0.29) is 0 Å². The minimum absolute atomic E-state index is 0.962. The standard InChI is InChI=1S/C11H16O/c1-3-4-5-6-7-11-9-8-10(2)12-11/h6-9H,3-5H2,1-2H3/b7-6+. The molecule has 0 bridgehead atoms. The zero-order valence-electron chi connectivity index (χ0n) is 7.84. The van der Waals surface area contributed by atoms with Gasteiger partial charge < -0.3 is 4.42 Å². The molecule has 0 aliphatic rings. The topological polar surface area (TPSA) is 13.1 Å². The fraction of sp³-hybridized carbons (Fsp3) is 0.455. The molecule has 0 fully saturated rings. The van der Waals surface area contributed by atoms with E-state index >= 15 is 0 Å². The van der Waals surface area contributed by atoms with Gasteiger partial charge in [0, 0.05) is 0 Å². The third-order valence-electron chi connectivity index (χ3n) is 1.77. The van der Waals surface area contributed by atoms with Crippen molar-refractivity contribution in [2.75, 3.05) is 0 Å². The van der Waals surface area contributed by atoms with Crippen LogP contribution in [0.25, 0.3) is 6.08 Å². The highest BCUT2D eigenvalue weighted by atomic mass is 16.3. The van der Waals surface area contributed by atoms with Crippen LogP contribution in [0.2, 0.25) is 0 Å². The second kappa shape index (κ2) is 4.81. The summed E-state index contributed by atoms with van der Waals surface area (Å²) in [5.74, 6) is 1.94. The van der Waals surface area contributed by atoms with E-state index in [1.54, 1.807) is 0 Å². The second-order valence-corrected chi connectivity index (χ2v) is 2.99. The molecule has 1 rings (SSSR count). The molecule has 66 valence electrons. The van der Waals surface area contributed by atoms with E-state index in [2.05, 4.69) is 13.0 Å². The van der Waals surface area contributed by atoms with Gasteiger partial charge in [-0.05, 0) is 31.6 Å². The van der Waals surface area contributed by atoms with E-state index in [4.69, 9.17) is 4.42 Å². The normalized spacial score (nSPS) is 11.2. The summed E-state index contributed by atoms with van der Waals surface area (Å²) in [7, 11) is 0. The maximum atomic E-state index is 5.38. The van der Waals surface area contributed by atoms with Crippen LogP contribution in [-0.2, 0) is 0 Å². The van der Waals surface area contributed by atoms with Crippen molar-refractivity contribution in [3.05, 3.63) is 29.7 Å². The first kappa shape index (κ1) is 9.11. The zero-order valence-corrected chi connectivity index (χ0v) is 7.84. The van der Waals surface area contributed by atoms with Gasteiger partial charge in [0.1, 0.15) is 11.5 Å². The Bertz CT molecular complexity index is 245. The van der Waals surface area contributed by atoms with Gasteiger partial charge in [-0.3, -0.25) is 0 Å². The summed E-state index contributed by atoms with van der Waals surface area (Å²) in [6.07, 6.45) is 7.87. The molecule has 0 amide bonds. The Morgan fingerprint density at radius 2 is 2.25 bits per heavy atom. The van der Waals surface area contributed by atoms with Crippen LogP contribution in [0.5, 0.6) is 0 Å². The number of hydrogen-bond donors (Lipinski definition) is 0. The maximum Gasteiger partial charge on any atom is 0.126 e. The lowest BCUT2D eigenvalue weighted by atomic mass is 10.2. The number of furan rings is 1. The Kier molecular flexibility index (Phi) is 3.65. The van der Waals surface area contributed by atoms with Crippen molar-refractivity contribution in [3.8, 4) is 0 Å². The van der Waals surface area contributed by atoms with Crippen molar-refractivity contribution in [1.82, 2.24) is 0 Å². The molecule has 0 saturated heterocycles. The number of aryl methyl sites for hydroxylation is 1. The molecular weight excluding hydrogens is 148 g/mol. The van der Waals surface area contributed by atoms with Gasteiger partial charge in [0.2, 0.25) is 0 Å². The first-order chi connectivity index (χ1) is 5.83.